The SMILES string of the molecule is C[C@H](N)c1ccc(N2CCc3ccccc3C2)cc1. The predicted molar refractivity (Wildman–Crippen MR) is 80.2 cm³/mol. The number of fused-ring (bicyclic) bond motifs is 1. The van der Waals surface area contributed by atoms with Gasteiger partial charge in [-0.25, -0.2) is 0 Å². The second-order valence-corrected chi connectivity index (χ2v) is 5.32. The van der Waals surface area contributed by atoms with E-state index in [0.717, 1.165) is 19.5 Å². The predicted octanol–water partition coefficient (Wildman–Crippen LogP) is 3.27. The van der Waals surface area contributed by atoms with E-state index in [1.807, 2.05) is 6.92 Å². The van der Waals surface area contributed by atoms with E-state index in [-0.39, 0.29) is 6.04 Å². The van der Waals surface area contributed by atoms with Crippen LogP contribution < -0.4 is 10.6 Å². The van der Waals surface area contributed by atoms with Crippen LogP contribution in [0.25, 0.3) is 0 Å². The van der Waals surface area contributed by atoms with Gasteiger partial charge in [0.1, 0.15) is 0 Å². The van der Waals surface area contributed by atoms with Crippen LogP contribution in [0.1, 0.15) is 29.7 Å². The van der Waals surface area contributed by atoms with Gasteiger partial charge < -0.3 is 10.6 Å². The van der Waals surface area contributed by atoms with Crippen molar-refractivity contribution in [3.63, 3.8) is 0 Å². The molecule has 0 aliphatic carbocycles. The highest BCUT2D eigenvalue weighted by Crippen LogP contribution is 2.25. The van der Waals surface area contributed by atoms with E-state index in [9.17, 15) is 0 Å². The maximum Gasteiger partial charge on any atom is 0.0432 e. The Bertz CT molecular complexity index is 558. The molecule has 0 unspecified atom stereocenters. The van der Waals surface area contributed by atoms with E-state index < -0.39 is 0 Å². The first-order valence-corrected chi connectivity index (χ1v) is 6.91. The van der Waals surface area contributed by atoms with Crippen molar-refractivity contribution in [2.75, 3.05) is 11.4 Å². The van der Waals surface area contributed by atoms with Gasteiger partial charge in [-0.05, 0) is 42.2 Å². The summed E-state index contributed by atoms with van der Waals surface area (Å²) in [4.78, 5) is 2.44. The van der Waals surface area contributed by atoms with Crippen LogP contribution in [0.5, 0.6) is 0 Å². The molecule has 2 heteroatoms. The number of hydrogen-bond acceptors (Lipinski definition) is 2. The number of hydrogen-bond donors (Lipinski definition) is 1. The lowest BCUT2D eigenvalue weighted by molar-refractivity contribution is 0.730. The quantitative estimate of drug-likeness (QED) is 0.889. The van der Waals surface area contributed by atoms with Gasteiger partial charge in [-0.1, -0.05) is 36.4 Å². The van der Waals surface area contributed by atoms with Crippen LogP contribution in [0, 0.1) is 0 Å². The Balaban J connectivity index is 1.81. The fourth-order valence-corrected chi connectivity index (χ4v) is 2.70. The first-order valence-electron chi connectivity index (χ1n) is 6.91. The first kappa shape index (κ1) is 12.2. The highest BCUT2D eigenvalue weighted by atomic mass is 15.1. The molecule has 2 aromatic carbocycles. The Hall–Kier alpha value is -1.80. The minimum atomic E-state index is 0.108. The van der Waals surface area contributed by atoms with E-state index in [0.29, 0.717) is 0 Å². The summed E-state index contributed by atoms with van der Waals surface area (Å²) in [7, 11) is 0. The minimum absolute atomic E-state index is 0.108. The number of anilines is 1. The van der Waals surface area contributed by atoms with Gasteiger partial charge in [-0.3, -0.25) is 0 Å². The summed E-state index contributed by atoms with van der Waals surface area (Å²) in [5.74, 6) is 0. The highest BCUT2D eigenvalue weighted by molar-refractivity contribution is 5.50. The maximum absolute atomic E-state index is 5.89. The molecule has 1 aliphatic rings. The maximum atomic E-state index is 5.89. The topological polar surface area (TPSA) is 29.3 Å². The number of nitrogens with zero attached hydrogens (tertiary/aromatic N) is 1. The number of rotatable bonds is 2. The Morgan fingerprint density at radius 1 is 1.00 bits per heavy atom. The lowest BCUT2D eigenvalue weighted by atomic mass is 9.99. The molecule has 0 amide bonds. The van der Waals surface area contributed by atoms with Crippen molar-refractivity contribution in [1.82, 2.24) is 0 Å². The minimum Gasteiger partial charge on any atom is -0.367 e. The smallest absolute Gasteiger partial charge is 0.0432 e. The van der Waals surface area contributed by atoms with Crippen LogP contribution in [0.15, 0.2) is 48.5 Å². The van der Waals surface area contributed by atoms with E-state index in [2.05, 4.69) is 53.4 Å². The van der Waals surface area contributed by atoms with Gasteiger partial charge >= 0.3 is 0 Å². The van der Waals surface area contributed by atoms with E-state index >= 15 is 0 Å². The first-order chi connectivity index (χ1) is 9.24. The number of nitrogens with two attached hydrogens (primary N) is 1. The van der Waals surface area contributed by atoms with Crippen molar-refractivity contribution < 1.29 is 0 Å². The van der Waals surface area contributed by atoms with Gasteiger partial charge in [0.25, 0.3) is 0 Å². The van der Waals surface area contributed by atoms with E-state index in [1.54, 1.807) is 0 Å². The summed E-state index contributed by atoms with van der Waals surface area (Å²) in [6, 6.07) is 17.5. The molecule has 0 aromatic heterocycles. The molecule has 98 valence electrons. The molecule has 3 rings (SSSR count). The average Bonchev–Trinajstić information content (AvgIpc) is 2.47. The average molecular weight is 252 g/mol. The van der Waals surface area contributed by atoms with Crippen LogP contribution in [0.2, 0.25) is 0 Å². The zero-order chi connectivity index (χ0) is 13.2. The molecule has 2 N–H and O–H groups in total. The van der Waals surface area contributed by atoms with Crippen LogP contribution >= 0.6 is 0 Å². The zero-order valence-corrected chi connectivity index (χ0v) is 11.3. The van der Waals surface area contributed by atoms with Crippen LogP contribution in [-0.4, -0.2) is 6.54 Å². The molecule has 0 saturated carbocycles. The molecule has 2 aromatic rings. The third-order valence-electron chi connectivity index (χ3n) is 3.91. The Kier molecular flexibility index (Phi) is 3.26. The summed E-state index contributed by atoms with van der Waals surface area (Å²) in [6.07, 6.45) is 1.13. The molecule has 1 heterocycles. The summed E-state index contributed by atoms with van der Waals surface area (Å²) in [5, 5.41) is 0. The zero-order valence-electron chi connectivity index (χ0n) is 11.3. The summed E-state index contributed by atoms with van der Waals surface area (Å²) >= 11 is 0. The Labute approximate surface area is 114 Å². The van der Waals surface area contributed by atoms with Gasteiger partial charge in [-0.15, -0.1) is 0 Å². The Morgan fingerprint density at radius 2 is 1.68 bits per heavy atom. The molecule has 0 saturated heterocycles. The van der Waals surface area contributed by atoms with Gasteiger partial charge in [0, 0.05) is 24.8 Å². The molecule has 1 atom stereocenters. The molecular weight excluding hydrogens is 232 g/mol. The molecule has 0 spiro atoms. The van der Waals surface area contributed by atoms with Gasteiger partial charge in [-0.2, -0.15) is 0 Å². The van der Waals surface area contributed by atoms with Gasteiger partial charge in [0.05, 0.1) is 0 Å². The second-order valence-electron chi connectivity index (χ2n) is 5.32. The summed E-state index contributed by atoms with van der Waals surface area (Å²) in [6.45, 7) is 4.12. The molecule has 2 nitrogen and oxygen atoms in total. The van der Waals surface area contributed by atoms with E-state index in [1.165, 1.54) is 22.4 Å². The van der Waals surface area contributed by atoms with Crippen molar-refractivity contribution in [3.8, 4) is 0 Å². The highest BCUT2D eigenvalue weighted by Gasteiger charge is 2.15. The Morgan fingerprint density at radius 3 is 2.37 bits per heavy atom. The van der Waals surface area contributed by atoms with Crippen molar-refractivity contribution in [1.29, 1.82) is 0 Å². The fraction of sp³-hybridized carbons (Fsp3) is 0.294. The molecular formula is C17H20N2. The van der Waals surface area contributed by atoms with E-state index in [4.69, 9.17) is 5.73 Å². The van der Waals surface area contributed by atoms with Gasteiger partial charge in [0.15, 0.2) is 0 Å². The standard InChI is InChI=1S/C17H20N2/c1-13(18)14-6-8-17(9-7-14)19-11-10-15-4-2-3-5-16(15)12-19/h2-9,13H,10-12,18H2,1H3/t13-/m0/s1. The summed E-state index contributed by atoms with van der Waals surface area (Å²) < 4.78 is 0. The third-order valence-corrected chi connectivity index (χ3v) is 3.91. The monoisotopic (exact) mass is 252 g/mol. The van der Waals surface area contributed by atoms with Crippen molar-refractivity contribution >= 4 is 5.69 Å². The molecule has 0 radical (unpaired) electrons. The van der Waals surface area contributed by atoms with Gasteiger partial charge in [0.2, 0.25) is 0 Å². The lowest BCUT2D eigenvalue weighted by Gasteiger charge is -2.31. The van der Waals surface area contributed by atoms with Crippen LogP contribution in [-0.2, 0) is 13.0 Å². The van der Waals surface area contributed by atoms with Crippen LogP contribution in [0.4, 0.5) is 5.69 Å². The van der Waals surface area contributed by atoms with Crippen molar-refractivity contribution in [2.45, 2.75) is 25.9 Å². The van der Waals surface area contributed by atoms with Crippen LogP contribution in [0.3, 0.4) is 0 Å². The molecule has 19 heavy (non-hydrogen) atoms. The number of benzene rings is 2. The van der Waals surface area contributed by atoms with Crippen molar-refractivity contribution in [2.24, 2.45) is 5.73 Å². The third kappa shape index (κ3) is 2.49. The molecule has 1 aliphatic heterocycles. The second kappa shape index (κ2) is 5.06. The summed E-state index contributed by atoms with van der Waals surface area (Å²) in [5.41, 5.74) is 11.3. The normalized spacial score (nSPS) is 16.0. The fourth-order valence-electron chi connectivity index (χ4n) is 2.70. The largest absolute Gasteiger partial charge is 0.367 e. The van der Waals surface area contributed by atoms with Crippen molar-refractivity contribution in [3.05, 3.63) is 65.2 Å². The lowest BCUT2D eigenvalue weighted by Crippen LogP contribution is -2.30. The molecule has 0 fully saturated rings. The molecule has 0 bridgehead atoms.